The van der Waals surface area contributed by atoms with E-state index >= 15 is 0 Å². The predicted octanol–water partition coefficient (Wildman–Crippen LogP) is -0.478. The summed E-state index contributed by atoms with van der Waals surface area (Å²) in [5, 5.41) is 18.8. The zero-order valence-electron chi connectivity index (χ0n) is 9.88. The summed E-state index contributed by atoms with van der Waals surface area (Å²) in [7, 11) is 1.72. The van der Waals surface area contributed by atoms with Gasteiger partial charge in [0, 0.05) is 7.05 Å². The Bertz CT molecular complexity index is 508. The third-order valence-corrected chi connectivity index (χ3v) is 2.24. The standard InChI is InChI=1S/C9H12N8O/c1-5(8-14-16-17-15-8)13-9(18)6-3-12-7(10-2)4-11-6/h3-5H,1-2H3,(H,10,12)(H,13,18)(H,14,15,16,17). The highest BCUT2D eigenvalue weighted by atomic mass is 16.2. The molecule has 2 aromatic heterocycles. The zero-order chi connectivity index (χ0) is 13.0. The molecule has 0 aliphatic rings. The molecule has 0 bridgehead atoms. The van der Waals surface area contributed by atoms with E-state index in [0.29, 0.717) is 11.6 Å². The SMILES string of the molecule is CNc1cnc(C(=O)NC(C)c2nn[nH]n2)cn1. The molecule has 0 radical (unpaired) electrons. The van der Waals surface area contributed by atoms with E-state index in [9.17, 15) is 4.79 Å². The van der Waals surface area contributed by atoms with Crippen LogP contribution in [0.5, 0.6) is 0 Å². The van der Waals surface area contributed by atoms with Crippen LogP contribution in [0.4, 0.5) is 5.82 Å². The molecule has 0 aromatic carbocycles. The Hall–Kier alpha value is -2.58. The average Bonchev–Trinajstić information content (AvgIpc) is 2.92. The van der Waals surface area contributed by atoms with Crippen molar-refractivity contribution in [3.63, 3.8) is 0 Å². The number of hydrogen-bond donors (Lipinski definition) is 3. The van der Waals surface area contributed by atoms with Crippen molar-refractivity contribution in [2.24, 2.45) is 0 Å². The summed E-state index contributed by atoms with van der Waals surface area (Å²) in [6.07, 6.45) is 2.87. The molecule has 0 spiro atoms. The van der Waals surface area contributed by atoms with Gasteiger partial charge in [-0.05, 0) is 6.92 Å². The van der Waals surface area contributed by atoms with Crippen LogP contribution in [-0.2, 0) is 0 Å². The van der Waals surface area contributed by atoms with Gasteiger partial charge in [-0.3, -0.25) is 4.79 Å². The number of rotatable bonds is 4. The summed E-state index contributed by atoms with van der Waals surface area (Å²) in [5.41, 5.74) is 0.226. The summed E-state index contributed by atoms with van der Waals surface area (Å²) in [5.74, 6) is 0.656. The van der Waals surface area contributed by atoms with E-state index in [0.717, 1.165) is 0 Å². The molecule has 2 aromatic rings. The number of hydrogen-bond acceptors (Lipinski definition) is 7. The monoisotopic (exact) mass is 248 g/mol. The Morgan fingerprint density at radius 1 is 1.39 bits per heavy atom. The maximum absolute atomic E-state index is 11.8. The van der Waals surface area contributed by atoms with E-state index in [1.54, 1.807) is 14.0 Å². The van der Waals surface area contributed by atoms with Crippen molar-refractivity contribution in [1.82, 2.24) is 35.9 Å². The molecule has 9 heteroatoms. The summed E-state index contributed by atoms with van der Waals surface area (Å²) >= 11 is 0. The first-order valence-electron chi connectivity index (χ1n) is 5.24. The number of nitrogens with one attached hydrogen (secondary N) is 3. The number of nitrogens with zero attached hydrogens (tertiary/aromatic N) is 5. The lowest BCUT2D eigenvalue weighted by atomic mass is 10.3. The van der Waals surface area contributed by atoms with Crippen LogP contribution in [0.25, 0.3) is 0 Å². The van der Waals surface area contributed by atoms with E-state index in [-0.39, 0.29) is 17.6 Å². The molecule has 0 saturated carbocycles. The highest BCUT2D eigenvalue weighted by molar-refractivity contribution is 5.92. The highest BCUT2D eigenvalue weighted by Gasteiger charge is 2.15. The molecular weight excluding hydrogens is 236 g/mol. The average molecular weight is 248 g/mol. The van der Waals surface area contributed by atoms with Crippen molar-refractivity contribution in [1.29, 1.82) is 0 Å². The molecule has 94 valence electrons. The van der Waals surface area contributed by atoms with E-state index in [1.165, 1.54) is 12.4 Å². The van der Waals surface area contributed by atoms with Gasteiger partial charge in [0.1, 0.15) is 11.5 Å². The Morgan fingerprint density at radius 3 is 2.78 bits per heavy atom. The molecule has 3 N–H and O–H groups in total. The minimum atomic E-state index is -0.359. The van der Waals surface area contributed by atoms with Crippen LogP contribution in [0, 0.1) is 0 Å². The van der Waals surface area contributed by atoms with Crippen LogP contribution >= 0.6 is 0 Å². The Kier molecular flexibility index (Phi) is 3.41. The fourth-order valence-electron chi connectivity index (χ4n) is 1.26. The Morgan fingerprint density at radius 2 is 2.22 bits per heavy atom. The van der Waals surface area contributed by atoms with Crippen LogP contribution in [0.2, 0.25) is 0 Å². The second-order valence-corrected chi connectivity index (χ2v) is 3.50. The molecule has 18 heavy (non-hydrogen) atoms. The number of aromatic nitrogens is 6. The molecule has 1 unspecified atom stereocenters. The van der Waals surface area contributed by atoms with Gasteiger partial charge in [-0.1, -0.05) is 5.21 Å². The largest absolute Gasteiger partial charge is 0.372 e. The van der Waals surface area contributed by atoms with E-state index in [1.807, 2.05) is 0 Å². The number of aromatic amines is 1. The Balaban J connectivity index is 2.03. The smallest absolute Gasteiger partial charge is 0.272 e. The van der Waals surface area contributed by atoms with Crippen molar-refractivity contribution in [2.45, 2.75) is 13.0 Å². The topological polar surface area (TPSA) is 121 Å². The van der Waals surface area contributed by atoms with Gasteiger partial charge >= 0.3 is 0 Å². The number of tetrazole rings is 1. The van der Waals surface area contributed by atoms with E-state index < -0.39 is 0 Å². The van der Waals surface area contributed by atoms with Crippen LogP contribution < -0.4 is 10.6 Å². The van der Waals surface area contributed by atoms with Crippen LogP contribution in [0.15, 0.2) is 12.4 Å². The molecule has 0 aliphatic heterocycles. The van der Waals surface area contributed by atoms with E-state index in [4.69, 9.17) is 0 Å². The lowest BCUT2D eigenvalue weighted by molar-refractivity contribution is 0.0933. The van der Waals surface area contributed by atoms with Crippen LogP contribution in [0.1, 0.15) is 29.3 Å². The third-order valence-electron chi connectivity index (χ3n) is 2.24. The number of carbonyl (C=O) groups excluding carboxylic acids is 1. The first kappa shape index (κ1) is 11.9. The fraction of sp³-hybridized carbons (Fsp3) is 0.333. The first-order valence-corrected chi connectivity index (χ1v) is 5.24. The quantitative estimate of drug-likeness (QED) is 0.668. The second kappa shape index (κ2) is 5.17. The number of anilines is 1. The Labute approximate surface area is 102 Å². The van der Waals surface area contributed by atoms with Gasteiger partial charge in [0.15, 0.2) is 5.82 Å². The highest BCUT2D eigenvalue weighted by Crippen LogP contribution is 2.05. The van der Waals surface area contributed by atoms with Crippen LogP contribution in [0.3, 0.4) is 0 Å². The van der Waals surface area contributed by atoms with Crippen molar-refractivity contribution in [2.75, 3.05) is 12.4 Å². The van der Waals surface area contributed by atoms with Crippen molar-refractivity contribution >= 4 is 11.7 Å². The van der Waals surface area contributed by atoms with Gasteiger partial charge in [0.25, 0.3) is 5.91 Å². The van der Waals surface area contributed by atoms with Gasteiger partial charge in [-0.15, -0.1) is 10.2 Å². The maximum atomic E-state index is 11.8. The second-order valence-electron chi connectivity index (χ2n) is 3.50. The fourth-order valence-corrected chi connectivity index (χ4v) is 1.26. The number of amides is 1. The summed E-state index contributed by atoms with van der Waals surface area (Å²) in [6, 6.07) is -0.359. The molecular formula is C9H12N8O. The number of H-pyrrole nitrogens is 1. The summed E-state index contributed by atoms with van der Waals surface area (Å²) < 4.78 is 0. The molecule has 1 atom stereocenters. The van der Waals surface area contributed by atoms with Crippen molar-refractivity contribution < 1.29 is 4.79 Å². The summed E-state index contributed by atoms with van der Waals surface area (Å²) in [4.78, 5) is 19.8. The zero-order valence-corrected chi connectivity index (χ0v) is 9.88. The number of carbonyl (C=O) groups is 1. The minimum absolute atomic E-state index is 0.226. The van der Waals surface area contributed by atoms with Crippen molar-refractivity contribution in [3.05, 3.63) is 23.9 Å². The maximum Gasteiger partial charge on any atom is 0.272 e. The van der Waals surface area contributed by atoms with Gasteiger partial charge < -0.3 is 10.6 Å². The molecule has 0 saturated heterocycles. The molecule has 0 aliphatic carbocycles. The lowest BCUT2D eigenvalue weighted by Gasteiger charge is -2.09. The first-order chi connectivity index (χ1) is 8.70. The molecule has 2 heterocycles. The van der Waals surface area contributed by atoms with E-state index in [2.05, 4.69) is 41.2 Å². The van der Waals surface area contributed by atoms with Gasteiger partial charge in [0.05, 0.1) is 18.4 Å². The van der Waals surface area contributed by atoms with Crippen LogP contribution in [-0.4, -0.2) is 43.5 Å². The molecule has 1 amide bonds. The molecule has 0 fully saturated rings. The van der Waals surface area contributed by atoms with Crippen molar-refractivity contribution in [3.8, 4) is 0 Å². The van der Waals surface area contributed by atoms with Gasteiger partial charge in [-0.25, -0.2) is 9.97 Å². The minimum Gasteiger partial charge on any atom is -0.372 e. The lowest BCUT2D eigenvalue weighted by Crippen LogP contribution is -2.28. The predicted molar refractivity (Wildman–Crippen MR) is 61.6 cm³/mol. The van der Waals surface area contributed by atoms with Gasteiger partial charge in [-0.2, -0.15) is 5.21 Å². The third kappa shape index (κ3) is 2.56. The molecule has 9 nitrogen and oxygen atoms in total. The van der Waals surface area contributed by atoms with Gasteiger partial charge in [0.2, 0.25) is 0 Å². The molecule has 2 rings (SSSR count). The normalized spacial score (nSPS) is 11.9. The summed E-state index contributed by atoms with van der Waals surface area (Å²) in [6.45, 7) is 1.75.